The highest BCUT2D eigenvalue weighted by Crippen LogP contribution is 2.37. The van der Waals surface area contributed by atoms with Crippen LogP contribution in [0.1, 0.15) is 142 Å². The molecule has 0 radical (unpaired) electrons. The molecule has 0 aliphatic carbocycles. The topological polar surface area (TPSA) is 66.8 Å². The van der Waals surface area contributed by atoms with Gasteiger partial charge in [-0.1, -0.05) is 102 Å². The molecular formula is C35H65O4P. The number of phosphoric acid groups is 1. The Labute approximate surface area is 249 Å². The van der Waals surface area contributed by atoms with Crippen molar-refractivity contribution in [2.75, 3.05) is 6.61 Å². The molecule has 0 aliphatic rings. The Bertz CT molecular complexity index is 670. The van der Waals surface area contributed by atoms with Crippen molar-refractivity contribution in [1.82, 2.24) is 0 Å². The molecule has 0 aliphatic heterocycles. The largest absolute Gasteiger partial charge is 0.469 e. The van der Waals surface area contributed by atoms with Crippen LogP contribution in [0.3, 0.4) is 0 Å². The lowest BCUT2D eigenvalue weighted by Gasteiger charge is -2.24. The second-order valence-electron chi connectivity index (χ2n) is 12.1. The lowest BCUT2D eigenvalue weighted by molar-refractivity contribution is 0.160. The summed E-state index contributed by atoms with van der Waals surface area (Å²) in [5, 5.41) is 0. The van der Waals surface area contributed by atoms with Crippen molar-refractivity contribution in [3.63, 3.8) is 0 Å². The van der Waals surface area contributed by atoms with Crippen molar-refractivity contribution in [2.24, 2.45) is 23.7 Å². The standard InChI is InChI=1S/C35H65O4P/c1-6-11-12-13-14-15-16-17-18-19-24-32(20-7-2)25-26-33(21-8-3)27-28-34(22-9-4)29-30-35(23-10-5)31-39-40(36,37)38/h7-10,32-35H,2-6,11-31H2,1H3,(H2,36,37,38). The molecule has 4 atom stereocenters. The number of unbranched alkanes of at least 4 members (excludes halogenated alkanes) is 9. The maximum atomic E-state index is 11.1. The Morgan fingerprint density at radius 2 is 0.875 bits per heavy atom. The molecule has 0 saturated heterocycles. The second-order valence-corrected chi connectivity index (χ2v) is 13.3. The van der Waals surface area contributed by atoms with Crippen molar-refractivity contribution >= 4 is 7.82 Å². The van der Waals surface area contributed by atoms with Crippen LogP contribution in [0.25, 0.3) is 0 Å². The summed E-state index contributed by atoms with van der Waals surface area (Å²) in [6.07, 6.45) is 33.8. The molecule has 0 aromatic carbocycles. The first-order valence-corrected chi connectivity index (χ1v) is 18.0. The number of allylic oxidation sites excluding steroid dienone is 4. The van der Waals surface area contributed by atoms with E-state index < -0.39 is 7.82 Å². The molecule has 0 rings (SSSR count). The molecule has 0 heterocycles. The van der Waals surface area contributed by atoms with E-state index in [4.69, 9.17) is 14.3 Å². The number of hydrogen-bond donors (Lipinski definition) is 2. The van der Waals surface area contributed by atoms with E-state index in [1.54, 1.807) is 0 Å². The fourth-order valence-electron chi connectivity index (χ4n) is 5.89. The van der Waals surface area contributed by atoms with Gasteiger partial charge in [0.05, 0.1) is 6.61 Å². The van der Waals surface area contributed by atoms with Crippen molar-refractivity contribution < 1.29 is 18.9 Å². The molecule has 0 amide bonds. The van der Waals surface area contributed by atoms with Gasteiger partial charge in [0.15, 0.2) is 0 Å². The number of hydrogen-bond acceptors (Lipinski definition) is 2. The zero-order valence-corrected chi connectivity index (χ0v) is 27.1. The van der Waals surface area contributed by atoms with E-state index >= 15 is 0 Å². The van der Waals surface area contributed by atoms with E-state index in [0.29, 0.717) is 18.3 Å². The minimum absolute atomic E-state index is 0.0694. The Balaban J connectivity index is 4.54. The maximum absolute atomic E-state index is 11.1. The molecule has 0 spiro atoms. The van der Waals surface area contributed by atoms with E-state index in [-0.39, 0.29) is 12.5 Å². The summed E-state index contributed by atoms with van der Waals surface area (Å²) in [4.78, 5) is 18.1. The lowest BCUT2D eigenvalue weighted by Crippen LogP contribution is -2.12. The summed E-state index contributed by atoms with van der Waals surface area (Å²) in [7, 11) is -4.44. The van der Waals surface area contributed by atoms with E-state index in [2.05, 4.69) is 45.4 Å². The highest BCUT2D eigenvalue weighted by Gasteiger charge is 2.20. The van der Waals surface area contributed by atoms with Crippen molar-refractivity contribution in [3.8, 4) is 0 Å². The fraction of sp³-hybridized carbons (Fsp3) is 0.771. The van der Waals surface area contributed by atoms with Gasteiger partial charge >= 0.3 is 7.82 Å². The summed E-state index contributed by atoms with van der Waals surface area (Å²) < 4.78 is 15.9. The fourth-order valence-corrected chi connectivity index (χ4v) is 6.29. The normalized spacial score (nSPS) is 14.8. The number of phosphoric ester groups is 1. The van der Waals surface area contributed by atoms with E-state index in [0.717, 1.165) is 44.4 Å². The third-order valence-corrected chi connectivity index (χ3v) is 8.88. The summed E-state index contributed by atoms with van der Waals surface area (Å²) in [6, 6.07) is 0. The minimum Gasteiger partial charge on any atom is -0.303 e. The van der Waals surface area contributed by atoms with E-state index in [9.17, 15) is 4.57 Å². The smallest absolute Gasteiger partial charge is 0.303 e. The van der Waals surface area contributed by atoms with Crippen molar-refractivity contribution in [2.45, 2.75) is 142 Å². The zero-order chi connectivity index (χ0) is 29.9. The van der Waals surface area contributed by atoms with Crippen LogP contribution in [-0.2, 0) is 9.09 Å². The highest BCUT2D eigenvalue weighted by atomic mass is 31.2. The molecule has 0 aromatic rings. The predicted molar refractivity (Wildman–Crippen MR) is 175 cm³/mol. The van der Waals surface area contributed by atoms with Crippen LogP contribution >= 0.6 is 7.82 Å². The van der Waals surface area contributed by atoms with Crippen molar-refractivity contribution in [3.05, 3.63) is 50.6 Å². The molecule has 5 heteroatoms. The molecule has 0 saturated carbocycles. The third kappa shape index (κ3) is 24.8. The molecule has 0 bridgehead atoms. The summed E-state index contributed by atoms with van der Waals surface area (Å²) >= 11 is 0. The van der Waals surface area contributed by atoms with Crippen molar-refractivity contribution in [1.29, 1.82) is 0 Å². The SMILES string of the molecule is C=CCC(CCCCCCCCCCCC)CCC(CC=C)CCC(CC=C)CCC(CC=C)COP(=O)(O)O. The molecule has 40 heavy (non-hydrogen) atoms. The molecule has 0 fully saturated rings. The first-order valence-electron chi connectivity index (χ1n) is 16.4. The molecule has 2 N–H and O–H groups in total. The molecule has 0 aromatic heterocycles. The number of rotatable bonds is 31. The monoisotopic (exact) mass is 580 g/mol. The average molecular weight is 581 g/mol. The Morgan fingerprint density at radius 1 is 0.550 bits per heavy atom. The van der Waals surface area contributed by atoms with Gasteiger partial charge in [0.1, 0.15) is 0 Å². The van der Waals surface area contributed by atoms with Gasteiger partial charge in [-0.05, 0) is 87.9 Å². The first-order chi connectivity index (χ1) is 19.3. The first kappa shape index (κ1) is 39.1. The summed E-state index contributed by atoms with van der Waals surface area (Å²) in [5.41, 5.74) is 0. The molecular weight excluding hydrogens is 515 g/mol. The highest BCUT2D eigenvalue weighted by molar-refractivity contribution is 7.46. The predicted octanol–water partition coefficient (Wildman–Crippen LogP) is 11.5. The Morgan fingerprint density at radius 3 is 1.25 bits per heavy atom. The quantitative estimate of drug-likeness (QED) is 0.0486. The molecule has 234 valence electrons. The van der Waals surface area contributed by atoms with Gasteiger partial charge in [0, 0.05) is 0 Å². The van der Waals surface area contributed by atoms with Crippen LogP contribution in [-0.4, -0.2) is 16.4 Å². The van der Waals surface area contributed by atoms with E-state index in [1.165, 1.54) is 89.9 Å². The maximum Gasteiger partial charge on any atom is 0.469 e. The second kappa shape index (κ2) is 26.9. The minimum atomic E-state index is -4.44. The van der Waals surface area contributed by atoms with Crippen LogP contribution in [0.5, 0.6) is 0 Å². The summed E-state index contributed by atoms with van der Waals surface area (Å²) in [5.74, 6) is 2.01. The van der Waals surface area contributed by atoms with Gasteiger partial charge in [-0.15, -0.1) is 26.3 Å². The summed E-state index contributed by atoms with van der Waals surface area (Å²) in [6.45, 7) is 18.2. The zero-order valence-electron chi connectivity index (χ0n) is 26.2. The third-order valence-electron chi connectivity index (χ3n) is 8.39. The van der Waals surface area contributed by atoms with Gasteiger partial charge in [-0.3, -0.25) is 4.52 Å². The molecule has 4 unspecified atom stereocenters. The molecule has 4 nitrogen and oxygen atoms in total. The Hall–Kier alpha value is -0.930. The van der Waals surface area contributed by atoms with Gasteiger partial charge in [0.25, 0.3) is 0 Å². The van der Waals surface area contributed by atoms with Crippen LogP contribution in [0.2, 0.25) is 0 Å². The average Bonchev–Trinajstić information content (AvgIpc) is 2.91. The van der Waals surface area contributed by atoms with E-state index in [1.807, 2.05) is 12.2 Å². The van der Waals surface area contributed by atoms with Crippen LogP contribution < -0.4 is 0 Å². The van der Waals surface area contributed by atoms with Crippen LogP contribution in [0.15, 0.2) is 50.6 Å². The van der Waals surface area contributed by atoms with Gasteiger partial charge in [-0.2, -0.15) is 0 Å². The Kier molecular flexibility index (Phi) is 26.3. The lowest BCUT2D eigenvalue weighted by atomic mass is 9.83. The van der Waals surface area contributed by atoms with Gasteiger partial charge < -0.3 is 9.79 Å². The van der Waals surface area contributed by atoms with Gasteiger partial charge in [0.2, 0.25) is 0 Å². The van der Waals surface area contributed by atoms with Crippen LogP contribution in [0.4, 0.5) is 0 Å². The van der Waals surface area contributed by atoms with Crippen LogP contribution in [0, 0.1) is 23.7 Å². The van der Waals surface area contributed by atoms with Gasteiger partial charge in [-0.25, -0.2) is 4.57 Å².